The van der Waals surface area contributed by atoms with Gasteiger partial charge in [0.1, 0.15) is 5.70 Å². The number of imide groups is 1. The molecular weight excluding hydrogens is 366 g/mol. The summed E-state index contributed by atoms with van der Waals surface area (Å²) in [4.78, 5) is 31.9. The summed E-state index contributed by atoms with van der Waals surface area (Å²) in [6.07, 6.45) is 0.634. The number of halogens is 1. The quantitative estimate of drug-likeness (QED) is 0.526. The van der Waals surface area contributed by atoms with Gasteiger partial charge < -0.3 is 14.5 Å². The SMILES string of the molecule is CCOCCCN1C(=O)C(c2ccc(Cl)cc2)=C(N2CCN(C)CC2)C1=O. The standard InChI is InChI=1S/C20H26ClN3O3/c1-3-27-14-4-9-24-19(25)17(15-5-7-16(21)8-6-15)18(20(24)26)23-12-10-22(2)11-13-23/h5-8H,3-4,9-14H2,1-2H3. The molecule has 0 aromatic heterocycles. The molecule has 0 radical (unpaired) electrons. The van der Waals surface area contributed by atoms with Crippen molar-refractivity contribution in [1.82, 2.24) is 14.7 Å². The second-order valence-corrected chi connectivity index (χ2v) is 7.27. The van der Waals surface area contributed by atoms with E-state index in [0.29, 0.717) is 42.5 Å². The van der Waals surface area contributed by atoms with Crippen molar-refractivity contribution >= 4 is 29.0 Å². The van der Waals surface area contributed by atoms with Crippen molar-refractivity contribution in [3.8, 4) is 0 Å². The molecule has 0 N–H and O–H groups in total. The minimum Gasteiger partial charge on any atom is -0.382 e. The smallest absolute Gasteiger partial charge is 0.277 e. The van der Waals surface area contributed by atoms with E-state index in [4.69, 9.17) is 16.3 Å². The van der Waals surface area contributed by atoms with Crippen molar-refractivity contribution in [3.05, 3.63) is 40.5 Å². The average molecular weight is 392 g/mol. The number of likely N-dealkylation sites (N-methyl/N-ethyl adjacent to an activating group) is 1. The summed E-state index contributed by atoms with van der Waals surface area (Å²) in [6.45, 7) is 6.65. The second kappa shape index (κ2) is 8.87. The van der Waals surface area contributed by atoms with Crippen LogP contribution in [0.4, 0.5) is 0 Å². The van der Waals surface area contributed by atoms with Crippen LogP contribution >= 0.6 is 11.6 Å². The van der Waals surface area contributed by atoms with E-state index < -0.39 is 0 Å². The van der Waals surface area contributed by atoms with Gasteiger partial charge in [-0.25, -0.2) is 0 Å². The van der Waals surface area contributed by atoms with Crippen LogP contribution in [0.2, 0.25) is 5.02 Å². The molecule has 0 saturated carbocycles. The van der Waals surface area contributed by atoms with E-state index in [-0.39, 0.29) is 11.8 Å². The third-order valence-corrected chi connectivity index (χ3v) is 5.22. The fourth-order valence-corrected chi connectivity index (χ4v) is 3.56. The Labute approximate surface area is 165 Å². The number of amides is 2. The molecule has 2 heterocycles. The average Bonchev–Trinajstić information content (AvgIpc) is 2.91. The van der Waals surface area contributed by atoms with E-state index in [1.165, 1.54) is 4.90 Å². The predicted octanol–water partition coefficient (Wildman–Crippen LogP) is 2.09. The second-order valence-electron chi connectivity index (χ2n) is 6.83. The summed E-state index contributed by atoms with van der Waals surface area (Å²) in [5, 5.41) is 0.603. The van der Waals surface area contributed by atoms with Gasteiger partial charge in [-0.2, -0.15) is 0 Å². The van der Waals surface area contributed by atoms with E-state index in [9.17, 15) is 9.59 Å². The Hall–Kier alpha value is -1.89. The lowest BCUT2D eigenvalue weighted by molar-refractivity contribution is -0.137. The molecule has 1 fully saturated rings. The number of benzene rings is 1. The minimum absolute atomic E-state index is 0.203. The van der Waals surface area contributed by atoms with Gasteiger partial charge in [0.25, 0.3) is 11.8 Å². The zero-order chi connectivity index (χ0) is 19.4. The van der Waals surface area contributed by atoms with Crippen LogP contribution in [0.1, 0.15) is 18.9 Å². The van der Waals surface area contributed by atoms with Gasteiger partial charge in [0.15, 0.2) is 0 Å². The minimum atomic E-state index is -0.229. The van der Waals surface area contributed by atoms with Crippen molar-refractivity contribution in [1.29, 1.82) is 0 Å². The number of ether oxygens (including phenoxy) is 1. The van der Waals surface area contributed by atoms with Crippen molar-refractivity contribution in [2.45, 2.75) is 13.3 Å². The number of piperazine rings is 1. The Balaban J connectivity index is 1.89. The van der Waals surface area contributed by atoms with E-state index in [1.54, 1.807) is 12.1 Å². The predicted molar refractivity (Wildman–Crippen MR) is 105 cm³/mol. The number of hydrogen-bond acceptors (Lipinski definition) is 5. The van der Waals surface area contributed by atoms with Gasteiger partial charge in [-0.3, -0.25) is 14.5 Å². The molecular formula is C20H26ClN3O3. The first-order valence-corrected chi connectivity index (χ1v) is 9.78. The van der Waals surface area contributed by atoms with E-state index in [0.717, 1.165) is 31.7 Å². The molecule has 0 unspecified atom stereocenters. The van der Waals surface area contributed by atoms with Crippen LogP contribution in [-0.4, -0.2) is 79.5 Å². The molecule has 6 nitrogen and oxygen atoms in total. The maximum Gasteiger partial charge on any atom is 0.277 e. The van der Waals surface area contributed by atoms with E-state index in [1.807, 2.05) is 24.0 Å². The maximum absolute atomic E-state index is 13.1. The molecule has 2 aliphatic rings. The number of carbonyl (C=O) groups is 2. The van der Waals surface area contributed by atoms with Crippen LogP contribution < -0.4 is 0 Å². The first-order valence-electron chi connectivity index (χ1n) is 9.40. The molecule has 27 heavy (non-hydrogen) atoms. The molecule has 1 aromatic rings. The summed E-state index contributed by atoms with van der Waals surface area (Å²) in [5.41, 5.74) is 1.74. The number of carbonyl (C=O) groups excluding carboxylic acids is 2. The summed E-state index contributed by atoms with van der Waals surface area (Å²) in [5.74, 6) is -0.432. The first kappa shape index (κ1) is 19.9. The van der Waals surface area contributed by atoms with Crippen LogP contribution in [-0.2, 0) is 14.3 Å². The van der Waals surface area contributed by atoms with Gasteiger partial charge in [0, 0.05) is 51.0 Å². The van der Waals surface area contributed by atoms with Gasteiger partial charge in [0.2, 0.25) is 0 Å². The van der Waals surface area contributed by atoms with Gasteiger partial charge in [-0.1, -0.05) is 23.7 Å². The van der Waals surface area contributed by atoms with Crippen LogP contribution in [0.25, 0.3) is 5.57 Å². The van der Waals surface area contributed by atoms with Gasteiger partial charge in [-0.15, -0.1) is 0 Å². The van der Waals surface area contributed by atoms with E-state index in [2.05, 4.69) is 11.9 Å². The lowest BCUT2D eigenvalue weighted by Gasteiger charge is -2.34. The molecule has 0 spiro atoms. The lowest BCUT2D eigenvalue weighted by Crippen LogP contribution is -2.46. The molecule has 1 saturated heterocycles. The third-order valence-electron chi connectivity index (χ3n) is 4.97. The number of rotatable bonds is 7. The normalized spacial score (nSPS) is 18.8. The first-order chi connectivity index (χ1) is 13.0. The van der Waals surface area contributed by atoms with Crippen LogP contribution in [0.5, 0.6) is 0 Å². The fourth-order valence-electron chi connectivity index (χ4n) is 3.44. The summed E-state index contributed by atoms with van der Waals surface area (Å²) in [6, 6.07) is 7.12. The number of hydrogen-bond donors (Lipinski definition) is 0. The van der Waals surface area contributed by atoms with Crippen LogP contribution in [0, 0.1) is 0 Å². The summed E-state index contributed by atoms with van der Waals surface area (Å²) < 4.78 is 5.35. The lowest BCUT2D eigenvalue weighted by atomic mass is 10.0. The van der Waals surface area contributed by atoms with Crippen molar-refractivity contribution in [2.75, 3.05) is 53.0 Å². The number of nitrogens with zero attached hydrogens (tertiary/aromatic N) is 3. The Bertz CT molecular complexity index is 724. The van der Waals surface area contributed by atoms with Crippen LogP contribution in [0.15, 0.2) is 30.0 Å². The molecule has 2 aliphatic heterocycles. The zero-order valence-corrected chi connectivity index (χ0v) is 16.7. The highest BCUT2D eigenvalue weighted by atomic mass is 35.5. The van der Waals surface area contributed by atoms with Crippen molar-refractivity contribution < 1.29 is 14.3 Å². The van der Waals surface area contributed by atoms with E-state index >= 15 is 0 Å². The van der Waals surface area contributed by atoms with Gasteiger partial charge in [0.05, 0.1) is 5.57 Å². The van der Waals surface area contributed by atoms with Gasteiger partial charge in [-0.05, 0) is 38.1 Å². The highest BCUT2D eigenvalue weighted by Crippen LogP contribution is 2.32. The molecule has 146 valence electrons. The molecule has 0 atom stereocenters. The molecule has 0 aliphatic carbocycles. The molecule has 3 rings (SSSR count). The maximum atomic E-state index is 13.1. The Morgan fingerprint density at radius 3 is 2.33 bits per heavy atom. The van der Waals surface area contributed by atoms with Crippen LogP contribution in [0.3, 0.4) is 0 Å². The Morgan fingerprint density at radius 2 is 1.70 bits per heavy atom. The monoisotopic (exact) mass is 391 g/mol. The summed E-state index contributed by atoms with van der Waals surface area (Å²) >= 11 is 6.00. The van der Waals surface area contributed by atoms with Gasteiger partial charge >= 0.3 is 0 Å². The largest absolute Gasteiger partial charge is 0.382 e. The third kappa shape index (κ3) is 4.34. The zero-order valence-electron chi connectivity index (χ0n) is 15.9. The molecule has 0 bridgehead atoms. The molecule has 7 heteroatoms. The van der Waals surface area contributed by atoms with Crippen molar-refractivity contribution in [2.24, 2.45) is 0 Å². The highest BCUT2D eigenvalue weighted by Gasteiger charge is 2.41. The van der Waals surface area contributed by atoms with Crippen molar-refractivity contribution in [3.63, 3.8) is 0 Å². The summed E-state index contributed by atoms with van der Waals surface area (Å²) in [7, 11) is 2.06. The molecule has 2 amide bonds. The Kier molecular flexibility index (Phi) is 6.52. The fraction of sp³-hybridized carbons (Fsp3) is 0.500. The Morgan fingerprint density at radius 1 is 1.04 bits per heavy atom. The molecule has 1 aromatic carbocycles. The topological polar surface area (TPSA) is 53.1 Å². The highest BCUT2D eigenvalue weighted by molar-refractivity contribution is 6.36.